The Balaban J connectivity index is 0.00000645. The predicted molar refractivity (Wildman–Crippen MR) is 192 cm³/mol. The van der Waals surface area contributed by atoms with Crippen LogP contribution < -0.4 is 25.3 Å². The Bertz CT molecular complexity index is 1200. The van der Waals surface area contributed by atoms with Crippen molar-refractivity contribution >= 4 is 48.8 Å². The zero-order chi connectivity index (χ0) is 30.2. The van der Waals surface area contributed by atoms with Crippen LogP contribution in [0.1, 0.15) is 38.8 Å². The van der Waals surface area contributed by atoms with E-state index in [1.165, 1.54) is 0 Å². The van der Waals surface area contributed by atoms with Crippen LogP contribution in [0.5, 0.6) is 17.2 Å². The topological polar surface area (TPSA) is 89.3 Å². The molecule has 0 aliphatic carbocycles. The summed E-state index contributed by atoms with van der Waals surface area (Å²) in [5, 5.41) is 2.98. The average molecular weight is 686 g/mol. The van der Waals surface area contributed by atoms with Crippen LogP contribution in [0.15, 0.2) is 72.8 Å². The van der Waals surface area contributed by atoms with Gasteiger partial charge in [0.15, 0.2) is 0 Å². The number of carbonyl (C=O) groups is 1. The molecule has 0 bridgehead atoms. The summed E-state index contributed by atoms with van der Waals surface area (Å²) < 4.78 is 18.0. The van der Waals surface area contributed by atoms with E-state index in [-0.39, 0.29) is 43.1 Å². The van der Waals surface area contributed by atoms with E-state index in [4.69, 9.17) is 19.9 Å². The molecule has 0 aliphatic rings. The van der Waals surface area contributed by atoms with Gasteiger partial charge in [-0.25, -0.2) is 0 Å². The predicted octanol–water partition coefficient (Wildman–Crippen LogP) is 6.48. The van der Waals surface area contributed by atoms with E-state index < -0.39 is 6.04 Å². The van der Waals surface area contributed by atoms with Crippen molar-refractivity contribution in [2.45, 2.75) is 46.8 Å². The van der Waals surface area contributed by atoms with Crippen molar-refractivity contribution in [3.05, 3.63) is 83.9 Å². The molecule has 3 N–H and O–H groups in total. The van der Waals surface area contributed by atoms with Crippen LogP contribution in [-0.2, 0) is 17.8 Å². The molecule has 3 aromatic rings. The average Bonchev–Trinajstić information content (AvgIpc) is 3.02. The first-order chi connectivity index (χ1) is 20.4. The first kappa shape index (κ1) is 42.3. The molecule has 0 unspecified atom stereocenters. The van der Waals surface area contributed by atoms with Crippen LogP contribution in [0.4, 0.5) is 5.69 Å². The number of nitrogens with one attached hydrogen (secondary N) is 1. The lowest BCUT2D eigenvalue weighted by atomic mass is 10.1. The molecule has 3 aromatic carbocycles. The molecular formula is C34H51Cl3N4O4. The highest BCUT2D eigenvalue weighted by Crippen LogP contribution is 2.30. The monoisotopic (exact) mass is 684 g/mol. The molecule has 3 rings (SSSR count). The van der Waals surface area contributed by atoms with Crippen molar-refractivity contribution in [1.29, 1.82) is 0 Å². The van der Waals surface area contributed by atoms with Crippen LogP contribution in [0.3, 0.4) is 0 Å². The van der Waals surface area contributed by atoms with Gasteiger partial charge in [-0.15, -0.1) is 37.2 Å². The number of halogens is 3. The number of rotatable bonds is 19. The second-order valence-electron chi connectivity index (χ2n) is 10.1. The fourth-order valence-corrected chi connectivity index (χ4v) is 4.51. The molecule has 0 spiro atoms. The standard InChI is InChI=1S/C34H48N4O4.3ClH/c1-5-37(6-2)20-22-40-30-18-19-32(33(25-30)41-23-21-38(7-3)8-4)36-34(39)31(35)24-27-14-16-29(17-15-27)42-26-28-12-10-9-11-13-28;;;/h9-19,25,31H,5-8,20-24,26,35H2,1-4H3,(H,36,39);3*1H/t31-;;;/m1.../s1. The van der Waals surface area contributed by atoms with Gasteiger partial charge < -0.3 is 35.1 Å². The second kappa shape index (κ2) is 23.6. The van der Waals surface area contributed by atoms with Crippen LogP contribution in [-0.4, -0.2) is 74.2 Å². The lowest BCUT2D eigenvalue weighted by Crippen LogP contribution is -2.37. The number of carbonyl (C=O) groups excluding carboxylic acids is 1. The summed E-state index contributed by atoms with van der Waals surface area (Å²) in [6.45, 7) is 15.6. The van der Waals surface area contributed by atoms with Crippen molar-refractivity contribution in [3.8, 4) is 17.2 Å². The summed E-state index contributed by atoms with van der Waals surface area (Å²) in [5.74, 6) is 1.77. The van der Waals surface area contributed by atoms with Crippen molar-refractivity contribution in [2.75, 3.05) is 57.8 Å². The van der Waals surface area contributed by atoms with E-state index in [2.05, 4.69) is 42.8 Å². The Kier molecular flexibility index (Phi) is 22.2. The van der Waals surface area contributed by atoms with E-state index >= 15 is 0 Å². The molecule has 0 saturated carbocycles. The summed E-state index contributed by atoms with van der Waals surface area (Å²) >= 11 is 0. The number of hydrogen-bond donors (Lipinski definition) is 2. The van der Waals surface area contributed by atoms with Gasteiger partial charge in [-0.05, 0) is 68.0 Å². The quantitative estimate of drug-likeness (QED) is 0.149. The Labute approximate surface area is 288 Å². The fourth-order valence-electron chi connectivity index (χ4n) is 4.51. The highest BCUT2D eigenvalue weighted by atomic mass is 35.5. The van der Waals surface area contributed by atoms with Gasteiger partial charge in [0.1, 0.15) is 37.1 Å². The van der Waals surface area contributed by atoms with Crippen LogP contribution >= 0.6 is 37.2 Å². The summed E-state index contributed by atoms with van der Waals surface area (Å²) in [6, 6.07) is 22.5. The summed E-state index contributed by atoms with van der Waals surface area (Å²) in [5.41, 5.74) is 8.97. The molecule has 0 heterocycles. The maximum absolute atomic E-state index is 13.1. The van der Waals surface area contributed by atoms with Crippen LogP contribution in [0.25, 0.3) is 0 Å². The van der Waals surface area contributed by atoms with Gasteiger partial charge in [0.25, 0.3) is 0 Å². The SMILES string of the molecule is CCN(CC)CCOc1ccc(NC(=O)[C@H](N)Cc2ccc(OCc3ccccc3)cc2)c(OCCN(CC)CC)c1.Cl.Cl.Cl. The maximum atomic E-state index is 13.1. The summed E-state index contributed by atoms with van der Waals surface area (Å²) in [6.07, 6.45) is 0.398. The number of nitrogens with zero attached hydrogens (tertiary/aromatic N) is 2. The second-order valence-corrected chi connectivity index (χ2v) is 10.1. The first-order valence-electron chi connectivity index (χ1n) is 15.1. The molecule has 11 heteroatoms. The molecule has 0 saturated heterocycles. The largest absolute Gasteiger partial charge is 0.492 e. The highest BCUT2D eigenvalue weighted by Gasteiger charge is 2.17. The van der Waals surface area contributed by atoms with Gasteiger partial charge in [-0.1, -0.05) is 70.2 Å². The van der Waals surface area contributed by atoms with Crippen LogP contribution in [0.2, 0.25) is 0 Å². The van der Waals surface area contributed by atoms with E-state index in [9.17, 15) is 4.79 Å². The Morgan fingerprint density at radius 2 is 1.27 bits per heavy atom. The van der Waals surface area contributed by atoms with Gasteiger partial charge in [0.2, 0.25) is 5.91 Å². The molecule has 45 heavy (non-hydrogen) atoms. The van der Waals surface area contributed by atoms with E-state index in [1.54, 1.807) is 0 Å². The number of amides is 1. The van der Waals surface area contributed by atoms with Gasteiger partial charge in [-0.2, -0.15) is 0 Å². The minimum absolute atomic E-state index is 0. The van der Waals surface area contributed by atoms with Crippen LogP contribution in [0, 0.1) is 0 Å². The molecular weight excluding hydrogens is 635 g/mol. The molecule has 0 fully saturated rings. The minimum atomic E-state index is -0.727. The number of ether oxygens (including phenoxy) is 3. The van der Waals surface area contributed by atoms with Crippen molar-refractivity contribution in [1.82, 2.24) is 9.80 Å². The van der Waals surface area contributed by atoms with E-state index in [0.717, 1.165) is 56.1 Å². The third kappa shape index (κ3) is 14.9. The molecule has 0 aliphatic heterocycles. The fraction of sp³-hybridized carbons (Fsp3) is 0.441. The number of nitrogens with two attached hydrogens (primary N) is 1. The Hall–Kier alpha value is -2.72. The number of benzene rings is 3. The zero-order valence-corrected chi connectivity index (χ0v) is 29.4. The molecule has 0 radical (unpaired) electrons. The number of anilines is 1. The van der Waals surface area contributed by atoms with Gasteiger partial charge >= 0.3 is 0 Å². The van der Waals surface area contributed by atoms with Crippen molar-refractivity contribution < 1.29 is 19.0 Å². The van der Waals surface area contributed by atoms with Gasteiger partial charge in [0, 0.05) is 19.2 Å². The lowest BCUT2D eigenvalue weighted by molar-refractivity contribution is -0.117. The first-order valence-corrected chi connectivity index (χ1v) is 15.1. The normalized spacial score (nSPS) is 11.1. The minimum Gasteiger partial charge on any atom is -0.492 e. The van der Waals surface area contributed by atoms with Gasteiger partial charge in [-0.3, -0.25) is 4.79 Å². The van der Waals surface area contributed by atoms with Crippen molar-refractivity contribution in [3.63, 3.8) is 0 Å². The Morgan fingerprint density at radius 1 is 0.711 bits per heavy atom. The van der Waals surface area contributed by atoms with E-state index in [0.29, 0.717) is 43.4 Å². The highest BCUT2D eigenvalue weighted by molar-refractivity contribution is 5.96. The van der Waals surface area contributed by atoms with Gasteiger partial charge in [0.05, 0.1) is 11.7 Å². The summed E-state index contributed by atoms with van der Waals surface area (Å²) in [4.78, 5) is 17.7. The third-order valence-electron chi connectivity index (χ3n) is 7.31. The number of hydrogen-bond acceptors (Lipinski definition) is 7. The third-order valence-corrected chi connectivity index (χ3v) is 7.31. The number of likely N-dealkylation sites (N-methyl/N-ethyl adjacent to an activating group) is 2. The molecule has 252 valence electrons. The molecule has 1 amide bonds. The van der Waals surface area contributed by atoms with E-state index in [1.807, 2.05) is 72.8 Å². The summed E-state index contributed by atoms with van der Waals surface area (Å²) in [7, 11) is 0. The smallest absolute Gasteiger partial charge is 0.241 e. The van der Waals surface area contributed by atoms with Crippen molar-refractivity contribution in [2.24, 2.45) is 5.73 Å². The maximum Gasteiger partial charge on any atom is 0.241 e. The molecule has 8 nitrogen and oxygen atoms in total. The zero-order valence-electron chi connectivity index (χ0n) is 26.9. The Morgan fingerprint density at radius 3 is 1.84 bits per heavy atom. The molecule has 1 atom stereocenters. The molecule has 0 aromatic heterocycles. The lowest BCUT2D eigenvalue weighted by Gasteiger charge is -2.21.